The number of thiazole rings is 1. The van der Waals surface area contributed by atoms with Gasteiger partial charge in [0.05, 0.1) is 30.9 Å². The normalized spacial score (nSPS) is 20.4. The maximum Gasteiger partial charge on any atom is 0.349 e. The molecule has 3 rings (SSSR count). The quantitative estimate of drug-likeness (QED) is 0.787. The van der Waals surface area contributed by atoms with Crippen molar-refractivity contribution in [3.8, 4) is 0 Å². The van der Waals surface area contributed by atoms with E-state index in [1.54, 1.807) is 4.90 Å². The Morgan fingerprint density at radius 2 is 2.36 bits per heavy atom. The summed E-state index contributed by atoms with van der Waals surface area (Å²) >= 11 is 6.92. The fourth-order valence-corrected chi connectivity index (χ4v) is 3.63. The molecule has 7 nitrogen and oxygen atoms in total. The predicted octanol–water partition coefficient (Wildman–Crippen LogP) is 2.26. The minimum atomic E-state index is -1.26. The topological polar surface area (TPSA) is 87.3 Å². The van der Waals surface area contributed by atoms with Crippen molar-refractivity contribution in [3.05, 3.63) is 34.1 Å². The van der Waals surface area contributed by atoms with Crippen LogP contribution in [0.25, 0.3) is 0 Å². The van der Waals surface area contributed by atoms with Gasteiger partial charge in [-0.1, -0.05) is 22.9 Å². The van der Waals surface area contributed by atoms with Crippen molar-refractivity contribution in [2.45, 2.75) is 18.6 Å². The Kier molecular flexibility index (Phi) is 5.24. The first-order valence-corrected chi connectivity index (χ1v) is 8.75. The van der Waals surface area contributed by atoms with Gasteiger partial charge >= 0.3 is 5.97 Å². The van der Waals surface area contributed by atoms with Gasteiger partial charge in [0.2, 0.25) is 0 Å². The van der Waals surface area contributed by atoms with Crippen molar-refractivity contribution < 1.29 is 18.7 Å². The lowest BCUT2D eigenvalue weighted by Gasteiger charge is -2.34. The largest absolute Gasteiger partial charge is 0.465 e. The van der Waals surface area contributed by atoms with E-state index in [-0.39, 0.29) is 6.54 Å². The second-order valence-electron chi connectivity index (χ2n) is 5.56. The van der Waals surface area contributed by atoms with Crippen LogP contribution in [-0.2, 0) is 4.74 Å². The Bertz CT molecular complexity index is 780. The molecule has 0 radical (unpaired) electrons. The van der Waals surface area contributed by atoms with Gasteiger partial charge in [-0.15, -0.1) is 0 Å². The Labute approximate surface area is 152 Å². The number of carbonyl (C=O) groups is 2. The fraction of sp³-hybridized carbons (Fsp3) is 0.400. The summed E-state index contributed by atoms with van der Waals surface area (Å²) in [6, 6.07) is 0.897. The highest BCUT2D eigenvalue weighted by atomic mass is 35.5. The van der Waals surface area contributed by atoms with Crippen molar-refractivity contribution in [3.63, 3.8) is 0 Å². The van der Waals surface area contributed by atoms with E-state index in [0.717, 1.165) is 11.3 Å². The van der Waals surface area contributed by atoms with Crippen LogP contribution in [0.3, 0.4) is 0 Å². The zero-order chi connectivity index (χ0) is 18.0. The molecule has 2 N–H and O–H groups in total. The highest BCUT2D eigenvalue weighted by Gasteiger charge is 2.32. The van der Waals surface area contributed by atoms with Gasteiger partial charge in [-0.3, -0.25) is 4.79 Å². The monoisotopic (exact) mass is 386 g/mol. The van der Waals surface area contributed by atoms with E-state index in [4.69, 9.17) is 11.6 Å². The summed E-state index contributed by atoms with van der Waals surface area (Å²) < 4.78 is 19.1. The molecule has 1 saturated heterocycles. The summed E-state index contributed by atoms with van der Waals surface area (Å²) in [5.41, 5.74) is 0.294. The Morgan fingerprint density at radius 3 is 3.00 bits per heavy atom. The standard InChI is InChI=1S/C15H16ClFN4O3S/c1-24-14(23)12-6-19-15(25-12)21-3-2-10(9(17)7-21)20-13(22)11-4-8(16)5-18-11/h4-6,9-10,18H,2-3,7H2,1H3,(H,20,22). The Balaban J connectivity index is 1.59. The van der Waals surface area contributed by atoms with Gasteiger partial charge in [0, 0.05) is 12.7 Å². The third kappa shape index (κ3) is 3.93. The average Bonchev–Trinajstić information content (AvgIpc) is 3.25. The number of methoxy groups -OCH3 is 1. The summed E-state index contributed by atoms with van der Waals surface area (Å²) in [4.78, 5) is 32.6. The van der Waals surface area contributed by atoms with Gasteiger partial charge in [-0.05, 0) is 12.5 Å². The number of H-pyrrole nitrogens is 1. The zero-order valence-electron chi connectivity index (χ0n) is 13.3. The van der Waals surface area contributed by atoms with E-state index >= 15 is 0 Å². The SMILES string of the molecule is COC(=O)c1cnc(N2CCC(NC(=O)c3cc(Cl)c[nH]3)C(F)C2)s1. The van der Waals surface area contributed by atoms with Crippen LogP contribution in [0.15, 0.2) is 18.5 Å². The van der Waals surface area contributed by atoms with Crippen LogP contribution >= 0.6 is 22.9 Å². The summed E-state index contributed by atoms with van der Waals surface area (Å²) in [6.07, 6.45) is 2.08. The van der Waals surface area contributed by atoms with Crippen molar-refractivity contribution in [1.29, 1.82) is 0 Å². The molecule has 1 aliphatic heterocycles. The molecule has 3 heterocycles. The lowest BCUT2D eigenvalue weighted by atomic mass is 10.0. The van der Waals surface area contributed by atoms with Crippen LogP contribution in [-0.4, -0.2) is 54.3 Å². The number of alkyl halides is 1. The maximum absolute atomic E-state index is 14.5. The van der Waals surface area contributed by atoms with Gasteiger partial charge in [-0.2, -0.15) is 0 Å². The number of nitrogens with one attached hydrogen (secondary N) is 2. The van der Waals surface area contributed by atoms with E-state index in [2.05, 4.69) is 20.0 Å². The highest BCUT2D eigenvalue weighted by molar-refractivity contribution is 7.17. The number of nitrogens with zero attached hydrogens (tertiary/aromatic N) is 2. The molecular formula is C15H16ClFN4O3S. The van der Waals surface area contributed by atoms with E-state index in [9.17, 15) is 14.0 Å². The Hall–Kier alpha value is -2.13. The van der Waals surface area contributed by atoms with E-state index < -0.39 is 24.1 Å². The fourth-order valence-electron chi connectivity index (χ4n) is 2.59. The first-order chi connectivity index (χ1) is 12.0. The minimum absolute atomic E-state index is 0.0879. The third-order valence-electron chi connectivity index (χ3n) is 3.90. The molecule has 1 aliphatic rings. The number of ether oxygens (including phenoxy) is 1. The number of carbonyl (C=O) groups excluding carboxylic acids is 2. The van der Waals surface area contributed by atoms with E-state index in [1.165, 1.54) is 25.6 Å². The van der Waals surface area contributed by atoms with Crippen molar-refractivity contribution >= 4 is 39.9 Å². The molecule has 0 saturated carbocycles. The predicted molar refractivity (Wildman–Crippen MR) is 92.2 cm³/mol. The molecule has 2 atom stereocenters. The second-order valence-corrected chi connectivity index (χ2v) is 7.01. The third-order valence-corrected chi connectivity index (χ3v) is 5.16. The summed E-state index contributed by atoms with van der Waals surface area (Å²) in [6.45, 7) is 0.607. The number of amides is 1. The van der Waals surface area contributed by atoms with E-state index in [1.807, 2.05) is 0 Å². The van der Waals surface area contributed by atoms with E-state index in [0.29, 0.717) is 33.7 Å². The van der Waals surface area contributed by atoms with Crippen LogP contribution in [0.4, 0.5) is 9.52 Å². The number of aromatic nitrogens is 2. The molecule has 0 aliphatic carbocycles. The highest BCUT2D eigenvalue weighted by Crippen LogP contribution is 2.27. The molecule has 0 aromatic carbocycles. The molecule has 134 valence electrons. The molecule has 1 amide bonds. The number of rotatable bonds is 4. The number of aromatic amines is 1. The lowest BCUT2D eigenvalue weighted by molar-refractivity contribution is 0.0606. The van der Waals surface area contributed by atoms with Crippen LogP contribution in [0.5, 0.6) is 0 Å². The maximum atomic E-state index is 14.5. The summed E-state index contributed by atoms with van der Waals surface area (Å²) in [7, 11) is 1.30. The van der Waals surface area contributed by atoms with Gasteiger partial charge in [0.15, 0.2) is 5.13 Å². The average molecular weight is 387 g/mol. The first-order valence-electron chi connectivity index (χ1n) is 7.56. The molecule has 0 bridgehead atoms. The van der Waals surface area contributed by atoms with Gasteiger partial charge in [0.1, 0.15) is 16.7 Å². The molecule has 1 fully saturated rings. The molecule has 10 heteroatoms. The summed E-state index contributed by atoms with van der Waals surface area (Å²) in [5.74, 6) is -0.859. The molecule has 0 spiro atoms. The molecule has 25 heavy (non-hydrogen) atoms. The zero-order valence-corrected chi connectivity index (χ0v) is 14.9. The van der Waals surface area contributed by atoms with Gasteiger partial charge in [-0.25, -0.2) is 14.2 Å². The number of anilines is 1. The number of halogens is 2. The smallest absolute Gasteiger partial charge is 0.349 e. The first kappa shape index (κ1) is 17.7. The van der Waals surface area contributed by atoms with Crippen molar-refractivity contribution in [1.82, 2.24) is 15.3 Å². The van der Waals surface area contributed by atoms with Crippen molar-refractivity contribution in [2.24, 2.45) is 0 Å². The van der Waals surface area contributed by atoms with Crippen LogP contribution < -0.4 is 10.2 Å². The molecule has 2 aromatic rings. The number of hydrogen-bond acceptors (Lipinski definition) is 6. The molecule has 2 aromatic heterocycles. The van der Waals surface area contributed by atoms with Gasteiger partial charge < -0.3 is 19.9 Å². The minimum Gasteiger partial charge on any atom is -0.465 e. The van der Waals surface area contributed by atoms with Gasteiger partial charge in [0.25, 0.3) is 5.91 Å². The number of esters is 1. The molecule has 2 unspecified atom stereocenters. The van der Waals surface area contributed by atoms with Crippen molar-refractivity contribution in [2.75, 3.05) is 25.1 Å². The van der Waals surface area contributed by atoms with Crippen LogP contribution in [0.1, 0.15) is 26.6 Å². The second kappa shape index (κ2) is 7.40. The lowest BCUT2D eigenvalue weighted by Crippen LogP contribution is -2.52. The number of hydrogen-bond donors (Lipinski definition) is 2. The van der Waals surface area contributed by atoms with Crippen LogP contribution in [0, 0.1) is 0 Å². The summed E-state index contributed by atoms with van der Waals surface area (Å²) in [5, 5.41) is 3.66. The Morgan fingerprint density at radius 1 is 1.56 bits per heavy atom. The number of piperidine rings is 1. The molecular weight excluding hydrogens is 371 g/mol. The van der Waals surface area contributed by atoms with Crippen LogP contribution in [0.2, 0.25) is 5.02 Å².